The van der Waals surface area contributed by atoms with Crippen LogP contribution in [0.1, 0.15) is 0 Å². The fraction of sp³-hybridized carbons (Fsp3) is 1.00. The van der Waals surface area contributed by atoms with Crippen LogP contribution in [0.4, 0.5) is 13.2 Å². The number of rotatable bonds is 2. The molecular weight excluding hydrogens is 189 g/mol. The maximum atomic E-state index is 11.3. The van der Waals surface area contributed by atoms with E-state index in [1.165, 1.54) is 0 Å². The number of alkyl halides is 3. The Morgan fingerprint density at radius 2 is 2.00 bits per heavy atom. The molecule has 1 unspecified atom stereocenters. The minimum atomic E-state index is -4.46. The summed E-state index contributed by atoms with van der Waals surface area (Å²) in [5, 5.41) is 0. The lowest BCUT2D eigenvalue weighted by atomic mass is 10.7. The van der Waals surface area contributed by atoms with Gasteiger partial charge in [0.25, 0.3) is 0 Å². The predicted molar refractivity (Wildman–Crippen MR) is 33.4 cm³/mol. The van der Waals surface area contributed by atoms with Gasteiger partial charge in [0, 0.05) is 17.4 Å². The molecule has 0 heterocycles. The molecule has 0 aliphatic heterocycles. The fourth-order valence-electron chi connectivity index (χ4n) is 0.174. The van der Waals surface area contributed by atoms with Crippen molar-refractivity contribution in [1.29, 1.82) is 0 Å². The Morgan fingerprint density at radius 1 is 1.60 bits per heavy atom. The minimum Gasteiger partial charge on any atom is -0.281 e. The van der Waals surface area contributed by atoms with Crippen molar-refractivity contribution < 1.29 is 21.6 Å². The molecule has 0 N–H and O–H groups in total. The number of hydrogen-bond acceptors (Lipinski definition) is 3. The summed E-state index contributed by atoms with van der Waals surface area (Å²) in [7, 11) is -3.14. The average Bonchev–Trinajstić information content (AvgIpc) is 1.57. The first-order valence-corrected chi connectivity index (χ1v) is 4.93. The first-order chi connectivity index (χ1) is 4.21. The van der Waals surface area contributed by atoms with Crippen LogP contribution in [0, 0.1) is 0 Å². The molecular formula is C3H5F3O2S2. The zero-order valence-corrected chi connectivity index (χ0v) is 6.61. The standard InChI is InChI=1S/C3H5F3O2S2/c1-10(7,9)8-2-3(4,5)6/h2H2,1H3. The highest BCUT2D eigenvalue weighted by Gasteiger charge is 2.28. The molecule has 0 saturated heterocycles. The van der Waals surface area contributed by atoms with E-state index in [4.69, 9.17) is 0 Å². The van der Waals surface area contributed by atoms with Crippen LogP contribution >= 0.6 is 0 Å². The van der Waals surface area contributed by atoms with Crippen molar-refractivity contribution in [1.82, 2.24) is 0 Å². The summed E-state index contributed by atoms with van der Waals surface area (Å²) in [6, 6.07) is 0. The van der Waals surface area contributed by atoms with Crippen LogP contribution < -0.4 is 0 Å². The van der Waals surface area contributed by atoms with Gasteiger partial charge in [0.2, 0.25) is 0 Å². The Kier molecular flexibility index (Phi) is 3.05. The van der Waals surface area contributed by atoms with Gasteiger partial charge in [-0.15, -0.1) is 0 Å². The van der Waals surface area contributed by atoms with Crippen molar-refractivity contribution in [2.75, 3.05) is 12.9 Å². The van der Waals surface area contributed by atoms with Crippen LogP contribution in [0.2, 0.25) is 0 Å². The lowest BCUT2D eigenvalue weighted by Crippen LogP contribution is -2.19. The summed E-state index contributed by atoms with van der Waals surface area (Å²) in [6.07, 6.45) is -3.54. The van der Waals surface area contributed by atoms with Crippen LogP contribution in [-0.4, -0.2) is 23.2 Å². The van der Waals surface area contributed by atoms with Gasteiger partial charge >= 0.3 is 6.18 Å². The van der Waals surface area contributed by atoms with Crippen molar-refractivity contribution >= 4 is 20.0 Å². The first-order valence-electron chi connectivity index (χ1n) is 2.12. The van der Waals surface area contributed by atoms with Crippen LogP contribution in [-0.2, 0) is 24.1 Å². The molecule has 0 saturated carbocycles. The first kappa shape index (κ1) is 10.1. The molecule has 0 radical (unpaired) electrons. The van der Waals surface area contributed by atoms with Gasteiger partial charge in [0.05, 0.1) is 0 Å². The predicted octanol–water partition coefficient (Wildman–Crippen LogP) is 0.856. The third-order valence-electron chi connectivity index (χ3n) is 0.437. The van der Waals surface area contributed by atoms with E-state index in [-0.39, 0.29) is 0 Å². The fourth-order valence-corrected chi connectivity index (χ4v) is 0.666. The van der Waals surface area contributed by atoms with Gasteiger partial charge in [-0.25, -0.2) is 4.21 Å². The van der Waals surface area contributed by atoms with Crippen molar-refractivity contribution in [2.45, 2.75) is 6.18 Å². The van der Waals surface area contributed by atoms with Crippen LogP contribution in [0.5, 0.6) is 0 Å². The van der Waals surface area contributed by atoms with Crippen molar-refractivity contribution in [2.24, 2.45) is 0 Å². The van der Waals surface area contributed by atoms with E-state index in [1.54, 1.807) is 0 Å². The van der Waals surface area contributed by atoms with E-state index in [9.17, 15) is 17.4 Å². The Balaban J connectivity index is 3.79. The average molecular weight is 194 g/mol. The highest BCUT2D eigenvalue weighted by Crippen LogP contribution is 2.15. The molecule has 7 heteroatoms. The summed E-state index contributed by atoms with van der Waals surface area (Å²) in [5.41, 5.74) is 0. The van der Waals surface area contributed by atoms with Gasteiger partial charge in [-0.3, -0.25) is 4.18 Å². The second-order valence-electron chi connectivity index (χ2n) is 1.58. The highest BCUT2D eigenvalue weighted by atomic mass is 32.8. The summed E-state index contributed by atoms with van der Waals surface area (Å²) in [6.45, 7) is -1.55. The van der Waals surface area contributed by atoms with E-state index in [0.29, 0.717) is 0 Å². The third-order valence-corrected chi connectivity index (χ3v) is 1.27. The second kappa shape index (κ2) is 3.02. The Labute approximate surface area is 61.2 Å². The molecule has 62 valence electrons. The molecule has 0 aromatic heterocycles. The van der Waals surface area contributed by atoms with Gasteiger partial charge in [0.1, 0.15) is 8.77 Å². The highest BCUT2D eigenvalue weighted by molar-refractivity contribution is 8.29. The molecule has 0 bridgehead atoms. The molecule has 0 aliphatic rings. The summed E-state index contributed by atoms with van der Waals surface area (Å²) >= 11 is 4.06. The van der Waals surface area contributed by atoms with E-state index in [2.05, 4.69) is 15.4 Å². The third kappa shape index (κ3) is 8.12. The second-order valence-corrected chi connectivity index (χ2v) is 5.04. The van der Waals surface area contributed by atoms with E-state index in [1.807, 2.05) is 0 Å². The largest absolute Gasteiger partial charge is 0.413 e. The molecule has 0 spiro atoms. The number of hydrogen-bond donors (Lipinski definition) is 0. The smallest absolute Gasteiger partial charge is 0.281 e. The van der Waals surface area contributed by atoms with Gasteiger partial charge in [0.15, 0.2) is 6.61 Å². The SMILES string of the molecule is CS(=O)(=S)OCC(F)(F)F. The maximum absolute atomic E-state index is 11.3. The van der Waals surface area contributed by atoms with Crippen LogP contribution in [0.3, 0.4) is 0 Å². The lowest BCUT2D eigenvalue weighted by Gasteiger charge is -2.05. The van der Waals surface area contributed by atoms with Crippen LogP contribution in [0.15, 0.2) is 0 Å². The van der Waals surface area contributed by atoms with Gasteiger partial charge in [-0.2, -0.15) is 13.2 Å². The molecule has 2 nitrogen and oxygen atoms in total. The molecule has 0 rings (SSSR count). The quantitative estimate of drug-likeness (QED) is 0.652. The molecule has 0 amide bonds. The summed E-state index contributed by atoms with van der Waals surface area (Å²) < 4.78 is 48.0. The molecule has 0 aromatic rings. The van der Waals surface area contributed by atoms with Gasteiger partial charge in [-0.1, -0.05) is 0 Å². The Morgan fingerprint density at radius 3 is 2.10 bits per heavy atom. The van der Waals surface area contributed by atoms with Crippen molar-refractivity contribution in [3.8, 4) is 0 Å². The van der Waals surface area contributed by atoms with Crippen LogP contribution in [0.25, 0.3) is 0 Å². The molecule has 10 heavy (non-hydrogen) atoms. The van der Waals surface area contributed by atoms with Gasteiger partial charge < -0.3 is 0 Å². The van der Waals surface area contributed by atoms with Crippen molar-refractivity contribution in [3.63, 3.8) is 0 Å². The zero-order chi connectivity index (χ0) is 8.41. The van der Waals surface area contributed by atoms with Crippen molar-refractivity contribution in [3.05, 3.63) is 0 Å². The Bertz CT molecular complexity index is 192. The molecule has 0 fully saturated rings. The monoisotopic (exact) mass is 194 g/mol. The maximum Gasteiger partial charge on any atom is 0.413 e. The summed E-state index contributed by atoms with van der Waals surface area (Å²) in [4.78, 5) is 0. The van der Waals surface area contributed by atoms with E-state index in [0.717, 1.165) is 6.26 Å². The zero-order valence-electron chi connectivity index (χ0n) is 4.97. The molecule has 0 aliphatic carbocycles. The Hall–Kier alpha value is 0.120. The van der Waals surface area contributed by atoms with E-state index >= 15 is 0 Å². The molecule has 1 atom stereocenters. The number of halogens is 3. The topological polar surface area (TPSA) is 26.3 Å². The summed E-state index contributed by atoms with van der Waals surface area (Å²) in [5.74, 6) is 0. The molecule has 0 aromatic carbocycles. The lowest BCUT2D eigenvalue weighted by molar-refractivity contribution is -0.151. The van der Waals surface area contributed by atoms with Gasteiger partial charge in [-0.05, 0) is 0 Å². The normalized spacial score (nSPS) is 18.4. The van der Waals surface area contributed by atoms with E-state index < -0.39 is 21.6 Å². The minimum absolute atomic E-state index is 0.925.